The predicted molar refractivity (Wildman–Crippen MR) is 73.7 cm³/mol. The van der Waals surface area contributed by atoms with Crippen LogP contribution >= 0.6 is 0 Å². The normalized spacial score (nSPS) is 13.9. The predicted octanol–water partition coefficient (Wildman–Crippen LogP) is 1.33. The Morgan fingerprint density at radius 2 is 2.20 bits per heavy atom. The lowest BCUT2D eigenvalue weighted by atomic mass is 10.2. The van der Waals surface area contributed by atoms with Gasteiger partial charge in [0.05, 0.1) is 6.10 Å². The van der Waals surface area contributed by atoms with Crippen LogP contribution in [0.25, 0.3) is 0 Å². The number of urea groups is 1. The molecule has 0 aliphatic carbocycles. The van der Waals surface area contributed by atoms with Crippen LogP contribution in [0.3, 0.4) is 0 Å². The van der Waals surface area contributed by atoms with Gasteiger partial charge in [-0.2, -0.15) is 0 Å². The molecule has 0 radical (unpaired) electrons. The van der Waals surface area contributed by atoms with Crippen molar-refractivity contribution in [1.29, 1.82) is 0 Å². The second-order valence-corrected chi connectivity index (χ2v) is 4.91. The van der Waals surface area contributed by atoms with E-state index in [-0.39, 0.29) is 12.8 Å². The van der Waals surface area contributed by atoms with Gasteiger partial charge in [-0.3, -0.25) is 0 Å². The highest BCUT2D eigenvalue weighted by molar-refractivity contribution is 5.73. The Labute approximate surface area is 118 Å². The molecule has 0 bridgehead atoms. The van der Waals surface area contributed by atoms with Crippen LogP contribution in [0.4, 0.5) is 4.79 Å². The summed E-state index contributed by atoms with van der Waals surface area (Å²) >= 11 is 0. The maximum absolute atomic E-state index is 11.8. The molecule has 2 rings (SSSR count). The third-order valence-electron chi connectivity index (χ3n) is 3.11. The highest BCUT2D eigenvalue weighted by atomic mass is 16.7. The third kappa shape index (κ3) is 3.77. The molecule has 1 aromatic carbocycles. The average molecular weight is 280 g/mol. The summed E-state index contributed by atoms with van der Waals surface area (Å²) in [6.07, 6.45) is 0.160. The van der Waals surface area contributed by atoms with Gasteiger partial charge in [-0.05, 0) is 31.0 Å². The number of nitrogens with zero attached hydrogens (tertiary/aromatic N) is 1. The zero-order valence-corrected chi connectivity index (χ0v) is 11.8. The zero-order chi connectivity index (χ0) is 14.5. The summed E-state index contributed by atoms with van der Waals surface area (Å²) < 4.78 is 10.5. The van der Waals surface area contributed by atoms with Crippen molar-refractivity contribution >= 4 is 6.03 Å². The van der Waals surface area contributed by atoms with Gasteiger partial charge in [0.25, 0.3) is 0 Å². The van der Waals surface area contributed by atoms with E-state index in [1.807, 2.05) is 18.2 Å². The number of hydrogen-bond donors (Lipinski definition) is 2. The Bertz CT molecular complexity index is 476. The highest BCUT2D eigenvalue weighted by Crippen LogP contribution is 2.32. The van der Waals surface area contributed by atoms with Crippen LogP contribution in [-0.4, -0.2) is 42.5 Å². The summed E-state index contributed by atoms with van der Waals surface area (Å²) in [6, 6.07) is 5.42. The van der Waals surface area contributed by atoms with E-state index in [1.165, 1.54) is 0 Å². The molecule has 1 atom stereocenters. The second-order valence-electron chi connectivity index (χ2n) is 4.91. The molecule has 1 aliphatic heterocycles. The number of carbonyl (C=O) groups excluding carboxylic acids is 1. The van der Waals surface area contributed by atoms with E-state index >= 15 is 0 Å². The first kappa shape index (κ1) is 14.5. The first-order chi connectivity index (χ1) is 9.56. The molecule has 0 spiro atoms. The first-order valence-electron chi connectivity index (χ1n) is 6.62. The minimum Gasteiger partial charge on any atom is -0.454 e. The quantitative estimate of drug-likeness (QED) is 0.853. The lowest BCUT2D eigenvalue weighted by Gasteiger charge is -2.18. The van der Waals surface area contributed by atoms with E-state index < -0.39 is 6.10 Å². The van der Waals surface area contributed by atoms with Gasteiger partial charge >= 0.3 is 6.03 Å². The van der Waals surface area contributed by atoms with Crippen molar-refractivity contribution < 1.29 is 19.4 Å². The van der Waals surface area contributed by atoms with Gasteiger partial charge in [-0.25, -0.2) is 4.79 Å². The van der Waals surface area contributed by atoms with Gasteiger partial charge in [0.15, 0.2) is 11.5 Å². The lowest BCUT2D eigenvalue weighted by Crippen LogP contribution is -2.38. The van der Waals surface area contributed by atoms with Crippen molar-refractivity contribution in [2.75, 3.05) is 20.4 Å². The summed E-state index contributed by atoms with van der Waals surface area (Å²) in [7, 11) is 1.71. The van der Waals surface area contributed by atoms with Crippen LogP contribution in [-0.2, 0) is 6.54 Å². The molecule has 0 aromatic heterocycles. The lowest BCUT2D eigenvalue weighted by molar-refractivity contribution is 0.163. The van der Waals surface area contributed by atoms with Gasteiger partial charge in [0.2, 0.25) is 6.79 Å². The van der Waals surface area contributed by atoms with Crippen molar-refractivity contribution in [3.8, 4) is 11.5 Å². The Hall–Kier alpha value is -1.95. The number of ether oxygens (including phenoxy) is 2. The Balaban J connectivity index is 1.81. The van der Waals surface area contributed by atoms with E-state index in [4.69, 9.17) is 9.47 Å². The fraction of sp³-hybridized carbons (Fsp3) is 0.500. The number of aliphatic hydroxyl groups is 1. The third-order valence-corrected chi connectivity index (χ3v) is 3.11. The van der Waals surface area contributed by atoms with E-state index in [0.717, 1.165) is 11.3 Å². The van der Waals surface area contributed by atoms with Crippen molar-refractivity contribution in [2.24, 2.45) is 0 Å². The molecule has 1 aromatic rings. The fourth-order valence-corrected chi connectivity index (χ4v) is 1.85. The number of carbonyl (C=O) groups is 1. The summed E-state index contributed by atoms with van der Waals surface area (Å²) in [6.45, 7) is 2.89. The van der Waals surface area contributed by atoms with Crippen LogP contribution < -0.4 is 14.8 Å². The van der Waals surface area contributed by atoms with Gasteiger partial charge in [-0.1, -0.05) is 6.07 Å². The Kier molecular flexibility index (Phi) is 4.68. The molecule has 0 fully saturated rings. The van der Waals surface area contributed by atoms with E-state index in [2.05, 4.69) is 5.32 Å². The van der Waals surface area contributed by atoms with Gasteiger partial charge in [0.1, 0.15) is 0 Å². The summed E-state index contributed by atoms with van der Waals surface area (Å²) in [5.74, 6) is 1.44. The first-order valence-corrected chi connectivity index (χ1v) is 6.62. The Morgan fingerprint density at radius 3 is 2.95 bits per heavy atom. The fourth-order valence-electron chi connectivity index (χ4n) is 1.85. The van der Waals surface area contributed by atoms with Crippen molar-refractivity contribution in [3.05, 3.63) is 23.8 Å². The van der Waals surface area contributed by atoms with Crippen LogP contribution in [0.15, 0.2) is 18.2 Å². The minimum atomic E-state index is -0.404. The van der Waals surface area contributed by atoms with Crippen LogP contribution in [0.2, 0.25) is 0 Å². The number of hydrogen-bond acceptors (Lipinski definition) is 4. The molecule has 6 heteroatoms. The maximum Gasteiger partial charge on any atom is 0.317 e. The van der Waals surface area contributed by atoms with E-state index in [1.54, 1.807) is 18.9 Å². The van der Waals surface area contributed by atoms with Crippen LogP contribution in [0, 0.1) is 0 Å². The number of benzene rings is 1. The molecule has 1 heterocycles. The summed E-state index contributed by atoms with van der Waals surface area (Å²) in [5, 5.41) is 12.0. The number of aliphatic hydroxyl groups excluding tert-OH is 1. The smallest absolute Gasteiger partial charge is 0.317 e. The summed E-state index contributed by atoms with van der Waals surface area (Å²) in [5.41, 5.74) is 0.950. The van der Waals surface area contributed by atoms with Crippen molar-refractivity contribution in [3.63, 3.8) is 0 Å². The van der Waals surface area contributed by atoms with Gasteiger partial charge in [0, 0.05) is 20.1 Å². The molecule has 1 unspecified atom stereocenters. The van der Waals surface area contributed by atoms with E-state index in [0.29, 0.717) is 25.3 Å². The summed E-state index contributed by atoms with van der Waals surface area (Å²) in [4.78, 5) is 13.4. The monoisotopic (exact) mass is 280 g/mol. The van der Waals surface area contributed by atoms with Crippen LogP contribution in [0.5, 0.6) is 11.5 Å². The SMILES string of the molecule is CC(O)CCN(C)C(=O)NCc1ccc2c(c1)OCO2. The number of amides is 2. The number of rotatable bonds is 5. The van der Waals surface area contributed by atoms with Crippen LogP contribution in [0.1, 0.15) is 18.9 Å². The maximum atomic E-state index is 11.8. The zero-order valence-electron chi connectivity index (χ0n) is 11.8. The molecule has 2 amide bonds. The molecule has 1 aliphatic rings. The minimum absolute atomic E-state index is 0.164. The largest absolute Gasteiger partial charge is 0.454 e. The van der Waals surface area contributed by atoms with Gasteiger partial charge in [-0.15, -0.1) is 0 Å². The molecule has 0 saturated carbocycles. The molecular weight excluding hydrogens is 260 g/mol. The number of nitrogens with one attached hydrogen (secondary N) is 1. The Morgan fingerprint density at radius 1 is 1.45 bits per heavy atom. The molecule has 2 N–H and O–H groups in total. The highest BCUT2D eigenvalue weighted by Gasteiger charge is 2.14. The van der Waals surface area contributed by atoms with Crippen molar-refractivity contribution in [2.45, 2.75) is 26.0 Å². The molecule has 110 valence electrons. The standard InChI is InChI=1S/C14H20N2O4/c1-10(17)5-6-16(2)14(18)15-8-11-3-4-12-13(7-11)20-9-19-12/h3-4,7,10,17H,5-6,8-9H2,1-2H3,(H,15,18). The molecule has 20 heavy (non-hydrogen) atoms. The van der Waals surface area contributed by atoms with Gasteiger partial charge < -0.3 is 24.8 Å². The second kappa shape index (κ2) is 6.47. The topological polar surface area (TPSA) is 71.0 Å². The molecular formula is C14H20N2O4. The van der Waals surface area contributed by atoms with E-state index in [9.17, 15) is 9.90 Å². The molecule has 0 saturated heterocycles. The van der Waals surface area contributed by atoms with Crippen molar-refractivity contribution in [1.82, 2.24) is 10.2 Å². The average Bonchev–Trinajstić information content (AvgIpc) is 2.89. The molecule has 6 nitrogen and oxygen atoms in total. The number of fused-ring (bicyclic) bond motifs is 1.